The summed E-state index contributed by atoms with van der Waals surface area (Å²) in [5, 5.41) is 17.1. The maximum atomic E-state index is 11.3. The van der Waals surface area contributed by atoms with Crippen molar-refractivity contribution in [2.75, 3.05) is 0 Å². The molecule has 0 spiro atoms. The fourth-order valence-electron chi connectivity index (χ4n) is 1.87. The molecule has 0 atom stereocenters. The summed E-state index contributed by atoms with van der Waals surface area (Å²) in [6, 6.07) is 0. The van der Waals surface area contributed by atoms with Crippen LogP contribution in [0, 0.1) is 0 Å². The third-order valence-corrected chi connectivity index (χ3v) is 2.86. The van der Waals surface area contributed by atoms with Gasteiger partial charge in [0.05, 0.1) is 6.20 Å². The molecule has 0 amide bonds. The van der Waals surface area contributed by atoms with E-state index in [9.17, 15) is 9.90 Å². The Morgan fingerprint density at radius 1 is 1.59 bits per heavy atom. The second-order valence-corrected chi connectivity index (χ2v) is 4.25. The lowest BCUT2D eigenvalue weighted by Gasteiger charge is -1.95. The van der Waals surface area contributed by atoms with Crippen LogP contribution in [0.5, 0.6) is 0 Å². The highest BCUT2D eigenvalue weighted by Crippen LogP contribution is 2.43. The summed E-state index contributed by atoms with van der Waals surface area (Å²) in [6.07, 6.45) is 5.26. The molecule has 2 aromatic rings. The first kappa shape index (κ1) is 10.1. The maximum absolute atomic E-state index is 11.3. The fourth-order valence-corrected chi connectivity index (χ4v) is 1.87. The number of nitrogens with zero attached hydrogens (tertiary/aromatic N) is 3. The Bertz CT molecular complexity index is 581. The molecule has 1 aliphatic carbocycles. The highest BCUT2D eigenvalue weighted by Gasteiger charge is 2.35. The molecule has 0 unspecified atom stereocenters. The van der Waals surface area contributed by atoms with Crippen molar-refractivity contribution in [3.8, 4) is 11.3 Å². The van der Waals surface area contributed by atoms with Gasteiger partial charge in [0, 0.05) is 24.7 Å². The molecule has 1 fully saturated rings. The van der Waals surface area contributed by atoms with Crippen LogP contribution in [0.2, 0.25) is 0 Å². The van der Waals surface area contributed by atoms with E-state index in [1.165, 1.54) is 0 Å². The molecule has 1 saturated carbocycles. The molecule has 0 aromatic carbocycles. The summed E-state index contributed by atoms with van der Waals surface area (Å²) in [5.74, 6) is -0.276. The molecule has 1 aliphatic rings. The standard InChI is InChI=1S/C11H11N3O3/c1-14-5-7(4-12-14)9-8(11(15)16)10(17-13-9)6-2-3-6/h4-6H,2-3H2,1H3,(H,15,16). The molecule has 0 saturated heterocycles. The first-order valence-electron chi connectivity index (χ1n) is 5.38. The van der Waals surface area contributed by atoms with E-state index >= 15 is 0 Å². The number of aromatic nitrogens is 3. The largest absolute Gasteiger partial charge is 0.477 e. The van der Waals surface area contributed by atoms with E-state index in [0.29, 0.717) is 17.0 Å². The van der Waals surface area contributed by atoms with Gasteiger partial charge in [0.1, 0.15) is 11.3 Å². The van der Waals surface area contributed by atoms with Gasteiger partial charge in [0.15, 0.2) is 5.76 Å². The van der Waals surface area contributed by atoms with Gasteiger partial charge < -0.3 is 9.63 Å². The second kappa shape index (κ2) is 3.44. The summed E-state index contributed by atoms with van der Waals surface area (Å²) in [5.41, 5.74) is 1.22. The predicted molar refractivity (Wildman–Crippen MR) is 57.6 cm³/mol. The molecule has 1 N–H and O–H groups in total. The van der Waals surface area contributed by atoms with Crippen LogP contribution in [0.3, 0.4) is 0 Å². The zero-order valence-corrected chi connectivity index (χ0v) is 9.25. The summed E-state index contributed by atoms with van der Waals surface area (Å²) < 4.78 is 6.78. The lowest BCUT2D eigenvalue weighted by molar-refractivity contribution is 0.0695. The third-order valence-electron chi connectivity index (χ3n) is 2.86. The van der Waals surface area contributed by atoms with Crippen molar-refractivity contribution in [3.63, 3.8) is 0 Å². The molecule has 2 heterocycles. The maximum Gasteiger partial charge on any atom is 0.341 e. The Kier molecular flexibility index (Phi) is 2.04. The highest BCUT2D eigenvalue weighted by atomic mass is 16.5. The quantitative estimate of drug-likeness (QED) is 0.871. The van der Waals surface area contributed by atoms with Crippen LogP contribution in [-0.2, 0) is 7.05 Å². The number of carboxylic acid groups (broad SMARTS) is 1. The van der Waals surface area contributed by atoms with E-state index in [0.717, 1.165) is 12.8 Å². The van der Waals surface area contributed by atoms with Crippen LogP contribution in [0.25, 0.3) is 11.3 Å². The van der Waals surface area contributed by atoms with Crippen LogP contribution >= 0.6 is 0 Å². The smallest absolute Gasteiger partial charge is 0.341 e. The molecule has 2 aromatic heterocycles. The summed E-state index contributed by atoms with van der Waals surface area (Å²) in [7, 11) is 1.77. The topological polar surface area (TPSA) is 81.2 Å². The molecule has 17 heavy (non-hydrogen) atoms. The van der Waals surface area contributed by atoms with Crippen molar-refractivity contribution in [2.45, 2.75) is 18.8 Å². The lowest BCUT2D eigenvalue weighted by Crippen LogP contribution is -2.00. The normalized spacial score (nSPS) is 15.1. The summed E-state index contributed by atoms with van der Waals surface area (Å²) >= 11 is 0. The highest BCUT2D eigenvalue weighted by molar-refractivity contribution is 5.95. The third kappa shape index (κ3) is 1.61. The van der Waals surface area contributed by atoms with Gasteiger partial charge in [-0.05, 0) is 12.8 Å². The van der Waals surface area contributed by atoms with Crippen LogP contribution < -0.4 is 0 Å². The predicted octanol–water partition coefficient (Wildman–Crippen LogP) is 1.65. The first-order valence-corrected chi connectivity index (χ1v) is 5.38. The van der Waals surface area contributed by atoms with Gasteiger partial charge in [-0.3, -0.25) is 4.68 Å². The van der Waals surface area contributed by atoms with Gasteiger partial charge in [-0.2, -0.15) is 5.10 Å². The van der Waals surface area contributed by atoms with Crippen molar-refractivity contribution in [1.82, 2.24) is 14.9 Å². The van der Waals surface area contributed by atoms with E-state index in [2.05, 4.69) is 10.3 Å². The number of aromatic carboxylic acids is 1. The van der Waals surface area contributed by atoms with Crippen molar-refractivity contribution >= 4 is 5.97 Å². The van der Waals surface area contributed by atoms with Crippen LogP contribution in [0.4, 0.5) is 0 Å². The molecule has 88 valence electrons. The van der Waals surface area contributed by atoms with E-state index < -0.39 is 5.97 Å². The molecule has 0 bridgehead atoms. The van der Waals surface area contributed by atoms with Gasteiger partial charge in [0.2, 0.25) is 0 Å². The van der Waals surface area contributed by atoms with E-state index in [4.69, 9.17) is 4.52 Å². The zero-order valence-electron chi connectivity index (χ0n) is 9.25. The van der Waals surface area contributed by atoms with Gasteiger partial charge >= 0.3 is 5.97 Å². The van der Waals surface area contributed by atoms with Gasteiger partial charge in [-0.25, -0.2) is 4.79 Å². The summed E-state index contributed by atoms with van der Waals surface area (Å²) in [4.78, 5) is 11.3. The van der Waals surface area contributed by atoms with Gasteiger partial charge in [-0.15, -0.1) is 0 Å². The minimum absolute atomic E-state index is 0.181. The Labute approximate surface area is 96.8 Å². The van der Waals surface area contributed by atoms with Crippen LogP contribution in [0.15, 0.2) is 16.9 Å². The SMILES string of the molecule is Cn1cc(-c2noc(C3CC3)c2C(=O)O)cn1. The Hall–Kier alpha value is -2.11. The van der Waals surface area contributed by atoms with Crippen LogP contribution in [0.1, 0.15) is 34.9 Å². The number of carbonyl (C=O) groups is 1. The molecular formula is C11H11N3O3. The van der Waals surface area contributed by atoms with Gasteiger partial charge in [-0.1, -0.05) is 5.16 Å². The number of hydrogen-bond acceptors (Lipinski definition) is 4. The minimum atomic E-state index is -0.994. The van der Waals surface area contributed by atoms with E-state index in [-0.39, 0.29) is 11.5 Å². The van der Waals surface area contributed by atoms with Crippen molar-refractivity contribution in [1.29, 1.82) is 0 Å². The molecule has 0 aliphatic heterocycles. The molecular weight excluding hydrogens is 222 g/mol. The van der Waals surface area contributed by atoms with E-state index in [1.54, 1.807) is 24.1 Å². The van der Waals surface area contributed by atoms with E-state index in [1.807, 2.05) is 0 Å². The Morgan fingerprint density at radius 3 is 2.88 bits per heavy atom. The Morgan fingerprint density at radius 2 is 2.35 bits per heavy atom. The Balaban J connectivity index is 2.13. The van der Waals surface area contributed by atoms with Crippen molar-refractivity contribution in [2.24, 2.45) is 7.05 Å². The van der Waals surface area contributed by atoms with Crippen LogP contribution in [-0.4, -0.2) is 26.0 Å². The molecule has 6 nitrogen and oxygen atoms in total. The summed E-state index contributed by atoms with van der Waals surface area (Å²) in [6.45, 7) is 0. The zero-order chi connectivity index (χ0) is 12.0. The average Bonchev–Trinajstić information content (AvgIpc) is 2.87. The van der Waals surface area contributed by atoms with Crippen molar-refractivity contribution in [3.05, 3.63) is 23.7 Å². The number of rotatable bonds is 3. The molecule has 3 rings (SSSR count). The average molecular weight is 233 g/mol. The van der Waals surface area contributed by atoms with Crippen molar-refractivity contribution < 1.29 is 14.4 Å². The number of aryl methyl sites for hydroxylation is 1. The minimum Gasteiger partial charge on any atom is -0.477 e. The number of hydrogen-bond donors (Lipinski definition) is 1. The molecule has 6 heteroatoms. The lowest BCUT2D eigenvalue weighted by atomic mass is 10.1. The molecule has 0 radical (unpaired) electrons. The first-order chi connectivity index (χ1) is 8.16. The van der Waals surface area contributed by atoms with Gasteiger partial charge in [0.25, 0.3) is 0 Å². The number of carboxylic acids is 1. The monoisotopic (exact) mass is 233 g/mol. The second-order valence-electron chi connectivity index (χ2n) is 4.25. The fraction of sp³-hybridized carbons (Fsp3) is 0.364.